The molecule has 0 unspecified atom stereocenters. The molecular formula is C18H18N4O2. The second-order valence-corrected chi connectivity index (χ2v) is 5.17. The van der Waals surface area contributed by atoms with Crippen LogP contribution in [0.4, 0.5) is 0 Å². The molecule has 0 saturated heterocycles. The maximum Gasteiger partial charge on any atom is 0.141 e. The first-order valence-electron chi connectivity index (χ1n) is 7.61. The van der Waals surface area contributed by atoms with Crippen molar-refractivity contribution in [3.63, 3.8) is 0 Å². The third-order valence-corrected chi connectivity index (χ3v) is 3.22. The maximum absolute atomic E-state index is 5.72. The van der Waals surface area contributed by atoms with Gasteiger partial charge in [0.15, 0.2) is 0 Å². The van der Waals surface area contributed by atoms with Crippen LogP contribution in [-0.4, -0.2) is 34.3 Å². The van der Waals surface area contributed by atoms with Gasteiger partial charge in [0.2, 0.25) is 0 Å². The highest BCUT2D eigenvalue weighted by atomic mass is 16.5. The highest BCUT2D eigenvalue weighted by molar-refractivity contribution is 5.80. The minimum atomic E-state index is 0.472. The van der Waals surface area contributed by atoms with Gasteiger partial charge in [-0.2, -0.15) is 5.10 Å². The van der Waals surface area contributed by atoms with E-state index in [2.05, 4.69) is 15.3 Å². The van der Waals surface area contributed by atoms with Gasteiger partial charge in [-0.1, -0.05) is 24.3 Å². The molecule has 122 valence electrons. The Balaban J connectivity index is 1.49. The lowest BCUT2D eigenvalue weighted by atomic mass is 10.2. The summed E-state index contributed by atoms with van der Waals surface area (Å²) in [6.07, 6.45) is 4.78. The van der Waals surface area contributed by atoms with E-state index in [1.165, 1.54) is 22.9 Å². The van der Waals surface area contributed by atoms with Crippen LogP contribution in [0.2, 0.25) is 0 Å². The van der Waals surface area contributed by atoms with Gasteiger partial charge in [-0.15, -0.1) is 10.2 Å². The van der Waals surface area contributed by atoms with Gasteiger partial charge < -0.3 is 9.47 Å². The molecule has 2 aromatic carbocycles. The van der Waals surface area contributed by atoms with Gasteiger partial charge in [0.1, 0.15) is 37.4 Å². The van der Waals surface area contributed by atoms with Crippen molar-refractivity contribution in [3.05, 3.63) is 72.3 Å². The van der Waals surface area contributed by atoms with Crippen LogP contribution in [-0.2, 0) is 0 Å². The van der Waals surface area contributed by atoms with Crippen LogP contribution < -0.4 is 9.47 Å². The van der Waals surface area contributed by atoms with Crippen LogP contribution in [0.3, 0.4) is 0 Å². The van der Waals surface area contributed by atoms with E-state index in [0.29, 0.717) is 13.2 Å². The topological polar surface area (TPSA) is 61.5 Å². The number of hydrogen-bond donors (Lipinski definition) is 0. The first-order valence-corrected chi connectivity index (χ1v) is 7.61. The van der Waals surface area contributed by atoms with Crippen molar-refractivity contribution in [2.45, 2.75) is 6.92 Å². The number of hydrogen-bond acceptors (Lipinski definition) is 5. The molecule has 3 rings (SSSR count). The van der Waals surface area contributed by atoms with E-state index in [4.69, 9.17) is 9.47 Å². The summed E-state index contributed by atoms with van der Waals surface area (Å²) >= 11 is 0. The number of ether oxygens (including phenoxy) is 2. The fourth-order valence-electron chi connectivity index (χ4n) is 2.10. The zero-order chi connectivity index (χ0) is 16.6. The summed E-state index contributed by atoms with van der Waals surface area (Å²) in [5.74, 6) is 1.63. The Morgan fingerprint density at radius 2 is 1.62 bits per heavy atom. The Hall–Kier alpha value is -3.15. The monoisotopic (exact) mass is 322 g/mol. The molecular weight excluding hydrogens is 304 g/mol. The van der Waals surface area contributed by atoms with Crippen molar-refractivity contribution in [2.24, 2.45) is 5.10 Å². The van der Waals surface area contributed by atoms with Crippen molar-refractivity contribution in [1.29, 1.82) is 0 Å². The summed E-state index contributed by atoms with van der Waals surface area (Å²) < 4.78 is 12.9. The third-order valence-electron chi connectivity index (χ3n) is 3.22. The second-order valence-electron chi connectivity index (χ2n) is 5.17. The van der Waals surface area contributed by atoms with Crippen molar-refractivity contribution in [2.75, 3.05) is 13.2 Å². The largest absolute Gasteiger partial charge is 0.490 e. The number of rotatable bonds is 7. The van der Waals surface area contributed by atoms with E-state index in [9.17, 15) is 0 Å². The van der Waals surface area contributed by atoms with Crippen molar-refractivity contribution in [1.82, 2.24) is 14.9 Å². The lowest BCUT2D eigenvalue weighted by Gasteiger charge is -2.09. The number of benzene rings is 2. The van der Waals surface area contributed by atoms with Crippen LogP contribution in [0.25, 0.3) is 0 Å². The Labute approximate surface area is 140 Å². The third kappa shape index (κ3) is 4.67. The minimum absolute atomic E-state index is 0.472. The van der Waals surface area contributed by atoms with Gasteiger partial charge in [0, 0.05) is 0 Å². The molecule has 0 N–H and O–H groups in total. The number of nitrogens with zero attached hydrogens (tertiary/aromatic N) is 4. The average molecular weight is 322 g/mol. The van der Waals surface area contributed by atoms with Crippen LogP contribution in [0.1, 0.15) is 11.1 Å². The van der Waals surface area contributed by atoms with Crippen LogP contribution in [0, 0.1) is 6.92 Å². The standard InChI is InChI=1S/C18H18N4O2/c1-15-4-2-6-17(10-15)23-8-9-24-18-7-3-5-16(11-18)12-21-22-13-19-20-14-22/h2-7,10-14H,8-9H2,1H3/b21-12-. The quantitative estimate of drug-likeness (QED) is 0.496. The Bertz CT molecular complexity index is 800. The Morgan fingerprint density at radius 3 is 2.33 bits per heavy atom. The van der Waals surface area contributed by atoms with Crippen molar-refractivity contribution < 1.29 is 9.47 Å². The molecule has 0 bridgehead atoms. The van der Waals surface area contributed by atoms with E-state index in [-0.39, 0.29) is 0 Å². The van der Waals surface area contributed by atoms with Gasteiger partial charge in [0.05, 0.1) is 6.21 Å². The zero-order valence-electron chi connectivity index (χ0n) is 13.4. The lowest BCUT2D eigenvalue weighted by molar-refractivity contribution is 0.217. The second kappa shape index (κ2) is 7.92. The van der Waals surface area contributed by atoms with E-state index in [0.717, 1.165) is 17.1 Å². The molecule has 0 radical (unpaired) electrons. The van der Waals surface area contributed by atoms with Crippen LogP contribution >= 0.6 is 0 Å². The summed E-state index contributed by atoms with van der Waals surface area (Å²) in [5.41, 5.74) is 2.11. The number of aromatic nitrogens is 3. The fraction of sp³-hybridized carbons (Fsp3) is 0.167. The predicted molar refractivity (Wildman–Crippen MR) is 91.6 cm³/mol. The molecule has 24 heavy (non-hydrogen) atoms. The highest BCUT2D eigenvalue weighted by Gasteiger charge is 1.98. The Morgan fingerprint density at radius 1 is 0.958 bits per heavy atom. The molecule has 1 aromatic heterocycles. The molecule has 6 nitrogen and oxygen atoms in total. The average Bonchev–Trinajstić information content (AvgIpc) is 3.11. The molecule has 0 fully saturated rings. The molecule has 0 aliphatic heterocycles. The van der Waals surface area contributed by atoms with E-state index < -0.39 is 0 Å². The van der Waals surface area contributed by atoms with E-state index in [1.54, 1.807) is 6.21 Å². The smallest absolute Gasteiger partial charge is 0.141 e. The van der Waals surface area contributed by atoms with Gasteiger partial charge in [0.25, 0.3) is 0 Å². The summed E-state index contributed by atoms with van der Waals surface area (Å²) in [5, 5.41) is 11.6. The van der Waals surface area contributed by atoms with Crippen molar-refractivity contribution in [3.8, 4) is 11.5 Å². The predicted octanol–water partition coefficient (Wildman–Crippen LogP) is 2.93. The lowest BCUT2D eigenvalue weighted by Crippen LogP contribution is -2.09. The van der Waals surface area contributed by atoms with E-state index in [1.807, 2.05) is 55.5 Å². The molecule has 6 heteroatoms. The van der Waals surface area contributed by atoms with Crippen LogP contribution in [0.15, 0.2) is 66.3 Å². The zero-order valence-corrected chi connectivity index (χ0v) is 13.4. The number of aryl methyl sites for hydroxylation is 1. The van der Waals surface area contributed by atoms with Crippen molar-refractivity contribution >= 4 is 6.21 Å². The molecule has 3 aromatic rings. The summed E-state index contributed by atoms with van der Waals surface area (Å²) in [6.45, 7) is 3.00. The minimum Gasteiger partial charge on any atom is -0.490 e. The fourth-order valence-corrected chi connectivity index (χ4v) is 2.10. The SMILES string of the molecule is Cc1cccc(OCCOc2cccc(/C=N\n3cnnc3)c2)c1. The summed E-state index contributed by atoms with van der Waals surface area (Å²) in [6, 6.07) is 15.6. The molecule has 0 amide bonds. The van der Waals surface area contributed by atoms with Gasteiger partial charge in [-0.3, -0.25) is 0 Å². The Kier molecular flexibility index (Phi) is 5.19. The van der Waals surface area contributed by atoms with Gasteiger partial charge in [-0.25, -0.2) is 4.68 Å². The molecule has 0 spiro atoms. The van der Waals surface area contributed by atoms with E-state index >= 15 is 0 Å². The first-order chi connectivity index (χ1) is 11.8. The van der Waals surface area contributed by atoms with Gasteiger partial charge in [-0.05, 0) is 42.3 Å². The van der Waals surface area contributed by atoms with Crippen LogP contribution in [0.5, 0.6) is 11.5 Å². The molecule has 0 aliphatic rings. The van der Waals surface area contributed by atoms with Gasteiger partial charge >= 0.3 is 0 Å². The normalized spacial score (nSPS) is 10.9. The summed E-state index contributed by atoms with van der Waals surface area (Å²) in [4.78, 5) is 0. The maximum atomic E-state index is 5.72. The summed E-state index contributed by atoms with van der Waals surface area (Å²) in [7, 11) is 0. The highest BCUT2D eigenvalue weighted by Crippen LogP contribution is 2.14. The first kappa shape index (κ1) is 15.7. The molecule has 0 aliphatic carbocycles. The molecule has 0 atom stereocenters. The molecule has 0 saturated carbocycles. The molecule has 1 heterocycles.